The quantitative estimate of drug-likeness (QED) is 0.912. The van der Waals surface area contributed by atoms with Gasteiger partial charge in [0.25, 0.3) is 0 Å². The fourth-order valence-corrected chi connectivity index (χ4v) is 3.23. The van der Waals surface area contributed by atoms with Crippen molar-refractivity contribution < 1.29 is 4.79 Å². The van der Waals surface area contributed by atoms with Crippen LogP contribution in [-0.2, 0) is 10.2 Å². The first-order valence-electron chi connectivity index (χ1n) is 7.72. The minimum Gasteiger partial charge on any atom is -0.351 e. The van der Waals surface area contributed by atoms with Crippen LogP contribution in [-0.4, -0.2) is 36.0 Å². The number of carbonyl (C=O) groups is 1. The molecule has 1 heterocycles. The maximum Gasteiger partial charge on any atom is 0.230 e. The zero-order valence-corrected chi connectivity index (χ0v) is 12.4. The van der Waals surface area contributed by atoms with Crippen LogP contribution in [0.4, 0.5) is 0 Å². The van der Waals surface area contributed by atoms with Gasteiger partial charge in [0.15, 0.2) is 0 Å². The Kier molecular flexibility index (Phi) is 3.55. The van der Waals surface area contributed by atoms with Crippen molar-refractivity contribution >= 4 is 5.91 Å². The summed E-state index contributed by atoms with van der Waals surface area (Å²) in [6.45, 7) is 6.53. The second kappa shape index (κ2) is 5.21. The molecule has 2 fully saturated rings. The van der Waals surface area contributed by atoms with Crippen LogP contribution in [0.5, 0.6) is 0 Å². The monoisotopic (exact) mass is 272 g/mol. The number of nitrogens with zero attached hydrogens (tertiary/aromatic N) is 1. The highest BCUT2D eigenvalue weighted by Crippen LogP contribution is 2.48. The van der Waals surface area contributed by atoms with Crippen molar-refractivity contribution in [3.8, 4) is 0 Å². The number of hydrogen-bond donors (Lipinski definition) is 1. The molecule has 1 unspecified atom stereocenters. The van der Waals surface area contributed by atoms with Gasteiger partial charge in [-0.05, 0) is 38.7 Å². The molecule has 3 heteroatoms. The topological polar surface area (TPSA) is 32.3 Å². The second-order valence-electron chi connectivity index (χ2n) is 6.50. The summed E-state index contributed by atoms with van der Waals surface area (Å²) in [6, 6.07) is 11.1. The molecule has 0 bridgehead atoms. The smallest absolute Gasteiger partial charge is 0.230 e. The molecule has 3 rings (SSSR count). The third kappa shape index (κ3) is 2.47. The number of amides is 1. The third-order valence-corrected chi connectivity index (χ3v) is 4.80. The van der Waals surface area contributed by atoms with E-state index in [1.165, 1.54) is 5.56 Å². The van der Waals surface area contributed by atoms with Crippen molar-refractivity contribution in [3.05, 3.63) is 35.9 Å². The molecule has 1 aliphatic heterocycles. The summed E-state index contributed by atoms with van der Waals surface area (Å²) in [5, 5.41) is 3.28. The molecule has 1 N–H and O–H groups in total. The lowest BCUT2D eigenvalue weighted by Crippen LogP contribution is -2.43. The minimum atomic E-state index is -0.230. The van der Waals surface area contributed by atoms with Crippen LogP contribution < -0.4 is 5.32 Å². The van der Waals surface area contributed by atoms with E-state index in [1.807, 2.05) is 18.2 Å². The first-order chi connectivity index (χ1) is 9.62. The van der Waals surface area contributed by atoms with Gasteiger partial charge in [-0.2, -0.15) is 0 Å². The van der Waals surface area contributed by atoms with Crippen LogP contribution in [0.2, 0.25) is 0 Å². The summed E-state index contributed by atoms with van der Waals surface area (Å²) >= 11 is 0. The predicted octanol–water partition coefficient (Wildman–Crippen LogP) is 2.32. The SMILES string of the molecule is CC(C)N1CCC(NC(=O)C2(c3ccccc3)CC2)C1. The van der Waals surface area contributed by atoms with Gasteiger partial charge in [0.2, 0.25) is 5.91 Å². The Bertz CT molecular complexity index is 479. The Morgan fingerprint density at radius 1 is 1.30 bits per heavy atom. The van der Waals surface area contributed by atoms with E-state index in [2.05, 4.69) is 36.2 Å². The van der Waals surface area contributed by atoms with E-state index in [-0.39, 0.29) is 11.3 Å². The number of nitrogens with one attached hydrogen (secondary N) is 1. The van der Waals surface area contributed by atoms with E-state index < -0.39 is 0 Å². The van der Waals surface area contributed by atoms with Crippen molar-refractivity contribution in [2.75, 3.05) is 13.1 Å². The zero-order chi connectivity index (χ0) is 14.2. The normalized spacial score (nSPS) is 24.9. The summed E-state index contributed by atoms with van der Waals surface area (Å²) in [6.07, 6.45) is 3.06. The molecule has 1 saturated heterocycles. The van der Waals surface area contributed by atoms with Crippen LogP contribution in [0.3, 0.4) is 0 Å². The number of rotatable bonds is 4. The van der Waals surface area contributed by atoms with Crippen molar-refractivity contribution in [1.82, 2.24) is 10.2 Å². The van der Waals surface area contributed by atoms with Gasteiger partial charge in [-0.1, -0.05) is 30.3 Å². The van der Waals surface area contributed by atoms with Gasteiger partial charge < -0.3 is 5.32 Å². The summed E-state index contributed by atoms with van der Waals surface area (Å²) in [5.41, 5.74) is 0.947. The molecular formula is C17H24N2O. The molecule has 0 radical (unpaired) electrons. The van der Waals surface area contributed by atoms with Crippen LogP contribution in [0, 0.1) is 0 Å². The lowest BCUT2D eigenvalue weighted by Gasteiger charge is -2.22. The Labute approximate surface area is 121 Å². The fourth-order valence-electron chi connectivity index (χ4n) is 3.23. The number of hydrogen-bond acceptors (Lipinski definition) is 2. The fraction of sp³-hybridized carbons (Fsp3) is 0.588. The van der Waals surface area contributed by atoms with Gasteiger partial charge >= 0.3 is 0 Å². The van der Waals surface area contributed by atoms with Crippen molar-refractivity contribution in [2.24, 2.45) is 0 Å². The highest BCUT2D eigenvalue weighted by atomic mass is 16.2. The lowest BCUT2D eigenvalue weighted by atomic mass is 9.94. The molecule has 1 aromatic rings. The average molecular weight is 272 g/mol. The third-order valence-electron chi connectivity index (χ3n) is 4.80. The van der Waals surface area contributed by atoms with E-state index in [1.54, 1.807) is 0 Å². The minimum absolute atomic E-state index is 0.230. The molecule has 0 aromatic heterocycles. The molecule has 3 nitrogen and oxygen atoms in total. The number of carbonyl (C=O) groups excluding carboxylic acids is 1. The molecule has 2 aliphatic rings. The van der Waals surface area contributed by atoms with Gasteiger partial charge in [0.1, 0.15) is 0 Å². The van der Waals surface area contributed by atoms with Crippen molar-refractivity contribution in [2.45, 2.75) is 50.6 Å². The first-order valence-corrected chi connectivity index (χ1v) is 7.72. The summed E-state index contributed by atoms with van der Waals surface area (Å²) in [4.78, 5) is 15.1. The van der Waals surface area contributed by atoms with Gasteiger partial charge in [-0.3, -0.25) is 9.69 Å². The molecule has 20 heavy (non-hydrogen) atoms. The van der Waals surface area contributed by atoms with E-state index in [9.17, 15) is 4.79 Å². The Hall–Kier alpha value is -1.35. The highest BCUT2D eigenvalue weighted by molar-refractivity contribution is 5.91. The molecule has 0 spiro atoms. The van der Waals surface area contributed by atoms with Gasteiger partial charge in [0, 0.05) is 25.2 Å². The standard InChI is InChI=1S/C17H24N2O/c1-13(2)19-11-8-15(12-19)18-16(20)17(9-10-17)14-6-4-3-5-7-14/h3-7,13,15H,8-12H2,1-2H3,(H,18,20). The summed E-state index contributed by atoms with van der Waals surface area (Å²) in [5.74, 6) is 0.235. The molecule has 1 aliphatic carbocycles. The van der Waals surface area contributed by atoms with E-state index in [0.29, 0.717) is 12.1 Å². The van der Waals surface area contributed by atoms with E-state index in [4.69, 9.17) is 0 Å². The molecule has 1 saturated carbocycles. The highest BCUT2D eigenvalue weighted by Gasteiger charge is 2.51. The Balaban J connectivity index is 1.63. The lowest BCUT2D eigenvalue weighted by molar-refractivity contribution is -0.124. The summed E-state index contributed by atoms with van der Waals surface area (Å²) < 4.78 is 0. The van der Waals surface area contributed by atoms with E-state index >= 15 is 0 Å². The first kappa shape index (κ1) is 13.6. The maximum absolute atomic E-state index is 12.6. The number of benzene rings is 1. The summed E-state index contributed by atoms with van der Waals surface area (Å²) in [7, 11) is 0. The van der Waals surface area contributed by atoms with Crippen LogP contribution in [0.1, 0.15) is 38.7 Å². The zero-order valence-electron chi connectivity index (χ0n) is 12.4. The van der Waals surface area contributed by atoms with Crippen molar-refractivity contribution in [3.63, 3.8) is 0 Å². The van der Waals surface area contributed by atoms with E-state index in [0.717, 1.165) is 32.4 Å². The largest absolute Gasteiger partial charge is 0.351 e. The molecule has 1 amide bonds. The Morgan fingerprint density at radius 3 is 2.55 bits per heavy atom. The number of likely N-dealkylation sites (tertiary alicyclic amines) is 1. The predicted molar refractivity (Wildman–Crippen MR) is 80.6 cm³/mol. The average Bonchev–Trinajstić information content (AvgIpc) is 3.14. The molecular weight excluding hydrogens is 248 g/mol. The van der Waals surface area contributed by atoms with Crippen LogP contribution in [0.25, 0.3) is 0 Å². The van der Waals surface area contributed by atoms with Gasteiger partial charge in [0.05, 0.1) is 5.41 Å². The van der Waals surface area contributed by atoms with Gasteiger partial charge in [-0.25, -0.2) is 0 Å². The maximum atomic E-state index is 12.6. The van der Waals surface area contributed by atoms with Crippen LogP contribution >= 0.6 is 0 Å². The molecule has 1 aromatic carbocycles. The molecule has 108 valence electrons. The second-order valence-corrected chi connectivity index (χ2v) is 6.50. The van der Waals surface area contributed by atoms with Gasteiger partial charge in [-0.15, -0.1) is 0 Å². The van der Waals surface area contributed by atoms with Crippen molar-refractivity contribution in [1.29, 1.82) is 0 Å². The Morgan fingerprint density at radius 2 is 2.00 bits per heavy atom. The molecule has 1 atom stereocenters. The van der Waals surface area contributed by atoms with Crippen LogP contribution in [0.15, 0.2) is 30.3 Å².